The molecule has 0 saturated carbocycles. The van der Waals surface area contributed by atoms with E-state index in [1.54, 1.807) is 0 Å². The van der Waals surface area contributed by atoms with Crippen molar-refractivity contribution in [3.8, 4) is 17.0 Å². The first kappa shape index (κ1) is 19.3. The molecule has 0 unspecified atom stereocenters. The molecule has 1 aliphatic carbocycles. The van der Waals surface area contributed by atoms with E-state index in [2.05, 4.69) is 22.1 Å². The molecule has 1 aliphatic rings. The highest BCUT2D eigenvalue weighted by atomic mass is 19.4. The number of nitrogens with zero attached hydrogens (tertiary/aromatic N) is 4. The lowest BCUT2D eigenvalue weighted by Gasteiger charge is -2.13. The Morgan fingerprint density at radius 3 is 2.42 bits per heavy atom. The molecule has 2 N–H and O–H groups in total. The van der Waals surface area contributed by atoms with Crippen molar-refractivity contribution < 1.29 is 17.9 Å². The van der Waals surface area contributed by atoms with E-state index < -0.39 is 11.7 Å². The number of anilines is 1. The molecule has 2 heterocycles. The highest BCUT2D eigenvalue weighted by Gasteiger charge is 2.35. The van der Waals surface area contributed by atoms with Crippen molar-refractivity contribution in [3.05, 3.63) is 65.5 Å². The molecule has 0 amide bonds. The van der Waals surface area contributed by atoms with E-state index in [1.807, 2.05) is 16.8 Å². The van der Waals surface area contributed by atoms with Crippen LogP contribution in [0.5, 0.6) is 5.75 Å². The molecule has 2 aromatic heterocycles. The predicted octanol–water partition coefficient (Wildman–Crippen LogP) is 4.44. The van der Waals surface area contributed by atoms with Crippen LogP contribution in [-0.4, -0.2) is 26.9 Å². The smallest absolute Gasteiger partial charge is 0.419 e. The molecular weight excluding hydrogens is 407 g/mol. The molecule has 0 atom stereocenters. The van der Waals surface area contributed by atoms with E-state index in [1.165, 1.54) is 36.7 Å². The Hall–Kier alpha value is -3.62. The van der Waals surface area contributed by atoms with Crippen LogP contribution in [-0.2, 0) is 19.0 Å². The first-order valence-electron chi connectivity index (χ1n) is 9.68. The number of halogens is 3. The van der Waals surface area contributed by atoms with Gasteiger partial charge in [0.15, 0.2) is 5.65 Å². The van der Waals surface area contributed by atoms with Gasteiger partial charge in [0.05, 0.1) is 24.1 Å². The number of methoxy groups -OCH3 is 1. The molecule has 2 aromatic carbocycles. The van der Waals surface area contributed by atoms with Crippen LogP contribution in [0, 0.1) is 0 Å². The van der Waals surface area contributed by atoms with Crippen LogP contribution in [0.2, 0.25) is 0 Å². The van der Waals surface area contributed by atoms with E-state index in [-0.39, 0.29) is 17.6 Å². The van der Waals surface area contributed by atoms with Gasteiger partial charge >= 0.3 is 6.18 Å². The zero-order valence-electron chi connectivity index (χ0n) is 16.5. The second-order valence-corrected chi connectivity index (χ2v) is 7.49. The summed E-state index contributed by atoms with van der Waals surface area (Å²) >= 11 is 0. The van der Waals surface area contributed by atoms with Crippen molar-refractivity contribution in [1.29, 1.82) is 0 Å². The number of rotatable bonds is 3. The number of nitrogens with two attached hydrogens (primary N) is 1. The molecule has 6 nitrogen and oxygen atoms in total. The van der Waals surface area contributed by atoms with Gasteiger partial charge in [-0.15, -0.1) is 0 Å². The van der Waals surface area contributed by atoms with Crippen molar-refractivity contribution in [1.82, 2.24) is 19.7 Å². The van der Waals surface area contributed by atoms with Gasteiger partial charge in [0.25, 0.3) is 0 Å². The van der Waals surface area contributed by atoms with Gasteiger partial charge < -0.3 is 10.5 Å². The Morgan fingerprint density at radius 2 is 1.77 bits per heavy atom. The van der Waals surface area contributed by atoms with E-state index >= 15 is 0 Å². The Balaban J connectivity index is 1.66. The number of ether oxygens (including phenoxy) is 1. The Morgan fingerprint density at radius 1 is 1.06 bits per heavy atom. The zero-order valence-corrected chi connectivity index (χ0v) is 16.5. The lowest BCUT2D eigenvalue weighted by atomic mass is 10.1. The fourth-order valence-electron chi connectivity index (χ4n) is 4.23. The topological polar surface area (TPSA) is 78.8 Å². The summed E-state index contributed by atoms with van der Waals surface area (Å²) in [5.41, 5.74) is 9.22. The van der Waals surface area contributed by atoms with Crippen molar-refractivity contribution >= 4 is 16.9 Å². The van der Waals surface area contributed by atoms with Gasteiger partial charge in [0.2, 0.25) is 0 Å². The Bertz CT molecular complexity index is 1270. The molecule has 0 aliphatic heterocycles. The number of aromatic nitrogens is 4. The van der Waals surface area contributed by atoms with Crippen molar-refractivity contribution in [2.24, 2.45) is 0 Å². The Labute approximate surface area is 175 Å². The zero-order chi connectivity index (χ0) is 21.8. The average molecular weight is 425 g/mol. The number of hydrogen-bond donors (Lipinski definition) is 1. The molecule has 158 valence electrons. The monoisotopic (exact) mass is 425 g/mol. The second kappa shape index (κ2) is 6.97. The third-order valence-corrected chi connectivity index (χ3v) is 5.67. The van der Waals surface area contributed by atoms with Crippen LogP contribution in [0.1, 0.15) is 22.7 Å². The lowest BCUT2D eigenvalue weighted by molar-refractivity contribution is -0.138. The summed E-state index contributed by atoms with van der Waals surface area (Å²) in [5, 5.41) is 5.26. The third kappa shape index (κ3) is 3.17. The van der Waals surface area contributed by atoms with Gasteiger partial charge in [-0.1, -0.05) is 30.3 Å². The summed E-state index contributed by atoms with van der Waals surface area (Å²) < 4.78 is 46.7. The van der Waals surface area contributed by atoms with E-state index in [0.29, 0.717) is 22.3 Å². The largest absolute Gasteiger partial charge is 0.496 e. The maximum atomic E-state index is 13.3. The number of alkyl halides is 3. The summed E-state index contributed by atoms with van der Waals surface area (Å²) in [6.45, 7) is 0. The lowest BCUT2D eigenvalue weighted by Crippen LogP contribution is -2.11. The fraction of sp³-hybridized carbons (Fsp3) is 0.227. The van der Waals surface area contributed by atoms with Crippen LogP contribution in [0.3, 0.4) is 0 Å². The number of nitrogen functional groups attached to an aromatic ring is 1. The highest BCUT2D eigenvalue weighted by molar-refractivity contribution is 5.98. The van der Waals surface area contributed by atoms with Gasteiger partial charge in [-0.3, -0.25) is 0 Å². The summed E-state index contributed by atoms with van der Waals surface area (Å²) in [6.07, 6.45) is -1.59. The summed E-state index contributed by atoms with van der Waals surface area (Å²) in [7, 11) is 1.21. The maximum absolute atomic E-state index is 13.3. The minimum absolute atomic E-state index is 0.0271. The normalized spacial score (nSPS) is 14.2. The first-order valence-corrected chi connectivity index (χ1v) is 9.68. The van der Waals surface area contributed by atoms with Crippen molar-refractivity contribution in [2.75, 3.05) is 12.8 Å². The number of fused-ring (bicyclic) bond motifs is 2. The van der Waals surface area contributed by atoms with Gasteiger partial charge in [0.1, 0.15) is 23.6 Å². The van der Waals surface area contributed by atoms with E-state index in [0.717, 1.165) is 18.9 Å². The third-order valence-electron chi connectivity index (χ3n) is 5.67. The Kier molecular flexibility index (Phi) is 4.35. The summed E-state index contributed by atoms with van der Waals surface area (Å²) in [4.78, 5) is 8.47. The first-order chi connectivity index (χ1) is 14.9. The molecule has 4 aromatic rings. The van der Waals surface area contributed by atoms with Gasteiger partial charge in [-0.05, 0) is 36.1 Å². The van der Waals surface area contributed by atoms with E-state index in [4.69, 9.17) is 15.6 Å². The molecular formula is C22H18F3N5O. The number of hydrogen-bond acceptors (Lipinski definition) is 5. The van der Waals surface area contributed by atoms with Gasteiger partial charge in [0, 0.05) is 5.56 Å². The van der Waals surface area contributed by atoms with E-state index in [9.17, 15) is 13.2 Å². The minimum Gasteiger partial charge on any atom is -0.496 e. The quantitative estimate of drug-likeness (QED) is 0.525. The second-order valence-electron chi connectivity index (χ2n) is 7.49. The van der Waals surface area contributed by atoms with Crippen LogP contribution in [0.4, 0.5) is 19.0 Å². The maximum Gasteiger partial charge on any atom is 0.419 e. The minimum atomic E-state index is -4.52. The number of benzene rings is 2. The molecule has 0 spiro atoms. The average Bonchev–Trinajstić information content (AvgIpc) is 3.35. The standard InChI is InChI=1S/C22H18F3N5O/c1-31-17-10-14(6-7-16(17)22(23,24)25)19-18-20(26)27-11-28-21(18)30(29-19)15-8-12-4-2-3-5-13(12)9-15/h2-7,10-11,15H,8-9H2,1H3,(H2,26,27,28). The van der Waals surface area contributed by atoms with Crippen molar-refractivity contribution in [3.63, 3.8) is 0 Å². The molecule has 5 rings (SSSR count). The fourth-order valence-corrected chi connectivity index (χ4v) is 4.23. The summed E-state index contributed by atoms with van der Waals surface area (Å²) in [5.74, 6) is -0.0583. The highest BCUT2D eigenvalue weighted by Crippen LogP contribution is 2.41. The van der Waals surface area contributed by atoms with Gasteiger partial charge in [-0.25, -0.2) is 14.6 Å². The molecule has 31 heavy (non-hydrogen) atoms. The summed E-state index contributed by atoms with van der Waals surface area (Å²) in [6, 6.07) is 11.9. The van der Waals surface area contributed by atoms with Crippen LogP contribution < -0.4 is 10.5 Å². The molecule has 9 heteroatoms. The van der Waals surface area contributed by atoms with Crippen LogP contribution in [0.25, 0.3) is 22.3 Å². The van der Waals surface area contributed by atoms with Crippen LogP contribution in [0.15, 0.2) is 48.8 Å². The molecule has 0 fully saturated rings. The molecule has 0 saturated heterocycles. The van der Waals surface area contributed by atoms with Crippen molar-refractivity contribution in [2.45, 2.75) is 25.1 Å². The predicted molar refractivity (Wildman–Crippen MR) is 110 cm³/mol. The SMILES string of the molecule is COc1cc(-c2nn(C3Cc4ccccc4C3)c3ncnc(N)c23)ccc1C(F)(F)F. The molecule has 0 bridgehead atoms. The molecule has 0 radical (unpaired) electrons. The van der Waals surface area contributed by atoms with Crippen LogP contribution >= 0.6 is 0 Å². The van der Waals surface area contributed by atoms with Gasteiger partial charge in [-0.2, -0.15) is 18.3 Å².